The number of nitriles is 1. The summed E-state index contributed by atoms with van der Waals surface area (Å²) in [5, 5.41) is 12.7. The quantitative estimate of drug-likeness (QED) is 0.717. The maximum Gasteiger partial charge on any atom is 0.157 e. The maximum absolute atomic E-state index is 8.81. The summed E-state index contributed by atoms with van der Waals surface area (Å²) in [5.41, 5.74) is 5.97. The van der Waals surface area contributed by atoms with Crippen molar-refractivity contribution in [2.45, 2.75) is 12.8 Å². The first kappa shape index (κ1) is 11.8. The lowest BCUT2D eigenvalue weighted by Gasteiger charge is -2.02. The van der Waals surface area contributed by atoms with Crippen molar-refractivity contribution in [1.29, 1.82) is 5.26 Å². The smallest absolute Gasteiger partial charge is 0.157 e. The number of hydrogen-bond donors (Lipinski definition) is 2. The van der Waals surface area contributed by atoms with E-state index < -0.39 is 0 Å². The van der Waals surface area contributed by atoms with Crippen molar-refractivity contribution in [2.75, 3.05) is 31.3 Å². The largest absolute Gasteiger partial charge is 0.385 e. The molecule has 1 aromatic rings. The minimum atomic E-state index is 0.307. The minimum Gasteiger partial charge on any atom is -0.385 e. The van der Waals surface area contributed by atoms with Gasteiger partial charge in [0.1, 0.15) is 16.6 Å². The van der Waals surface area contributed by atoms with Crippen LogP contribution < -0.4 is 11.1 Å². The third-order valence-corrected chi connectivity index (χ3v) is 2.71. The molecule has 6 heteroatoms. The summed E-state index contributed by atoms with van der Waals surface area (Å²) < 4.78 is 8.85. The molecule has 0 unspecified atom stereocenters. The first-order valence-corrected chi connectivity index (χ1v) is 5.45. The van der Waals surface area contributed by atoms with E-state index in [1.54, 1.807) is 7.11 Å². The number of aromatic nitrogens is 1. The molecule has 82 valence electrons. The number of nitrogens with two attached hydrogens (primary N) is 1. The fraction of sp³-hybridized carbons (Fsp3) is 0.556. The number of nitrogen functional groups attached to an aromatic ring is 1. The Labute approximate surface area is 93.0 Å². The average Bonchev–Trinajstić information content (AvgIpc) is 2.59. The van der Waals surface area contributed by atoms with E-state index >= 15 is 0 Å². The van der Waals surface area contributed by atoms with Gasteiger partial charge in [0.2, 0.25) is 0 Å². The number of ether oxygens (including phenoxy) is 1. The van der Waals surface area contributed by atoms with E-state index in [0.29, 0.717) is 11.4 Å². The van der Waals surface area contributed by atoms with Gasteiger partial charge in [0.05, 0.1) is 0 Å². The standard InChI is InChI=1S/C9H14N4OS/c1-14-5-3-2-4-12-9-7(6-10)8(11)13-15-9/h12H,2-5H2,1H3,(H2,11,13). The number of hydrogen-bond acceptors (Lipinski definition) is 6. The van der Waals surface area contributed by atoms with Crippen molar-refractivity contribution in [3.63, 3.8) is 0 Å². The number of anilines is 2. The van der Waals surface area contributed by atoms with Crippen LogP contribution in [0.15, 0.2) is 0 Å². The van der Waals surface area contributed by atoms with E-state index in [1.165, 1.54) is 11.5 Å². The van der Waals surface area contributed by atoms with Crippen molar-refractivity contribution in [2.24, 2.45) is 0 Å². The summed E-state index contributed by atoms with van der Waals surface area (Å²) in [6.45, 7) is 1.57. The molecule has 0 amide bonds. The van der Waals surface area contributed by atoms with Crippen LogP contribution in [0.2, 0.25) is 0 Å². The van der Waals surface area contributed by atoms with Gasteiger partial charge in [-0.1, -0.05) is 0 Å². The summed E-state index contributed by atoms with van der Waals surface area (Å²) in [7, 11) is 1.69. The molecule has 0 aliphatic carbocycles. The fourth-order valence-corrected chi connectivity index (χ4v) is 1.79. The van der Waals surface area contributed by atoms with Crippen LogP contribution in [0.3, 0.4) is 0 Å². The Morgan fingerprint density at radius 3 is 3.07 bits per heavy atom. The molecule has 0 saturated heterocycles. The first-order valence-electron chi connectivity index (χ1n) is 4.67. The second-order valence-electron chi connectivity index (χ2n) is 3.01. The SMILES string of the molecule is COCCCCNc1snc(N)c1C#N. The van der Waals surface area contributed by atoms with Gasteiger partial charge in [0.25, 0.3) is 0 Å². The van der Waals surface area contributed by atoms with Crippen LogP contribution in [0, 0.1) is 11.3 Å². The highest BCUT2D eigenvalue weighted by atomic mass is 32.1. The van der Waals surface area contributed by atoms with Gasteiger partial charge >= 0.3 is 0 Å². The molecule has 15 heavy (non-hydrogen) atoms. The lowest BCUT2D eigenvalue weighted by atomic mass is 10.3. The highest BCUT2D eigenvalue weighted by Crippen LogP contribution is 2.25. The van der Waals surface area contributed by atoms with Gasteiger partial charge in [0.15, 0.2) is 5.82 Å². The number of nitrogens with zero attached hydrogens (tertiary/aromatic N) is 2. The van der Waals surface area contributed by atoms with Crippen molar-refractivity contribution >= 4 is 22.4 Å². The molecule has 0 aliphatic heterocycles. The lowest BCUT2D eigenvalue weighted by molar-refractivity contribution is 0.194. The molecule has 0 radical (unpaired) electrons. The van der Waals surface area contributed by atoms with Gasteiger partial charge in [-0.25, -0.2) is 0 Å². The van der Waals surface area contributed by atoms with E-state index in [0.717, 1.165) is 31.0 Å². The fourth-order valence-electron chi connectivity index (χ4n) is 1.10. The van der Waals surface area contributed by atoms with Crippen LogP contribution in [-0.4, -0.2) is 24.6 Å². The highest BCUT2D eigenvalue weighted by molar-refractivity contribution is 7.10. The molecule has 1 rings (SSSR count). The monoisotopic (exact) mass is 226 g/mol. The van der Waals surface area contributed by atoms with Gasteiger partial charge in [-0.3, -0.25) is 0 Å². The highest BCUT2D eigenvalue weighted by Gasteiger charge is 2.09. The van der Waals surface area contributed by atoms with Crippen LogP contribution in [0.5, 0.6) is 0 Å². The number of nitrogens with one attached hydrogen (secondary N) is 1. The number of methoxy groups -OCH3 is 1. The Morgan fingerprint density at radius 2 is 2.40 bits per heavy atom. The normalized spacial score (nSPS) is 9.87. The average molecular weight is 226 g/mol. The molecule has 0 aromatic carbocycles. The predicted octanol–water partition coefficient (Wildman–Crippen LogP) is 1.44. The summed E-state index contributed by atoms with van der Waals surface area (Å²) >= 11 is 1.22. The Bertz CT molecular complexity index is 344. The topological polar surface area (TPSA) is 84.0 Å². The van der Waals surface area contributed by atoms with Gasteiger partial charge in [-0.05, 0) is 24.4 Å². The molecule has 0 spiro atoms. The molecular weight excluding hydrogens is 212 g/mol. The Balaban J connectivity index is 2.35. The van der Waals surface area contributed by atoms with Crippen LogP contribution in [-0.2, 0) is 4.74 Å². The maximum atomic E-state index is 8.81. The van der Waals surface area contributed by atoms with E-state index in [4.69, 9.17) is 15.7 Å². The van der Waals surface area contributed by atoms with Crippen LogP contribution in [0.1, 0.15) is 18.4 Å². The van der Waals surface area contributed by atoms with E-state index in [2.05, 4.69) is 9.69 Å². The van der Waals surface area contributed by atoms with E-state index in [-0.39, 0.29) is 0 Å². The van der Waals surface area contributed by atoms with Gasteiger partial charge in [-0.15, -0.1) is 0 Å². The molecular formula is C9H14N4OS. The number of rotatable bonds is 6. The molecule has 1 aromatic heterocycles. The van der Waals surface area contributed by atoms with Crippen LogP contribution in [0.4, 0.5) is 10.8 Å². The van der Waals surface area contributed by atoms with Crippen LogP contribution >= 0.6 is 11.5 Å². The number of unbranched alkanes of at least 4 members (excludes halogenated alkanes) is 1. The van der Waals surface area contributed by atoms with Gasteiger partial charge < -0.3 is 15.8 Å². The van der Waals surface area contributed by atoms with Crippen molar-refractivity contribution in [1.82, 2.24) is 4.37 Å². The summed E-state index contributed by atoms with van der Waals surface area (Å²) in [6, 6.07) is 2.03. The Hall–Kier alpha value is -1.32. The molecule has 0 atom stereocenters. The molecule has 5 nitrogen and oxygen atoms in total. The zero-order chi connectivity index (χ0) is 11.1. The van der Waals surface area contributed by atoms with E-state index in [9.17, 15) is 0 Å². The van der Waals surface area contributed by atoms with E-state index in [1.807, 2.05) is 6.07 Å². The lowest BCUT2D eigenvalue weighted by Crippen LogP contribution is -2.03. The molecule has 0 bridgehead atoms. The zero-order valence-electron chi connectivity index (χ0n) is 8.62. The third-order valence-electron chi connectivity index (χ3n) is 1.89. The van der Waals surface area contributed by atoms with Crippen molar-refractivity contribution < 1.29 is 4.74 Å². The molecule has 1 heterocycles. The summed E-state index contributed by atoms with van der Waals surface area (Å²) in [4.78, 5) is 0. The molecule has 0 aliphatic rings. The van der Waals surface area contributed by atoms with Crippen molar-refractivity contribution in [3.8, 4) is 6.07 Å². The molecule has 3 N–H and O–H groups in total. The Kier molecular flexibility index (Phi) is 4.87. The van der Waals surface area contributed by atoms with Crippen molar-refractivity contribution in [3.05, 3.63) is 5.56 Å². The predicted molar refractivity (Wildman–Crippen MR) is 60.8 cm³/mol. The summed E-state index contributed by atoms with van der Waals surface area (Å²) in [5.74, 6) is 0.307. The van der Waals surface area contributed by atoms with Gasteiger partial charge in [0, 0.05) is 20.3 Å². The second-order valence-corrected chi connectivity index (χ2v) is 3.78. The minimum absolute atomic E-state index is 0.307. The third kappa shape index (κ3) is 3.38. The Morgan fingerprint density at radius 1 is 1.60 bits per heavy atom. The zero-order valence-corrected chi connectivity index (χ0v) is 9.43. The van der Waals surface area contributed by atoms with Crippen LogP contribution in [0.25, 0.3) is 0 Å². The summed E-state index contributed by atoms with van der Waals surface area (Å²) in [6.07, 6.45) is 2.00. The molecule has 0 fully saturated rings. The first-order chi connectivity index (χ1) is 7.29. The van der Waals surface area contributed by atoms with Gasteiger partial charge in [-0.2, -0.15) is 9.64 Å². The molecule has 0 saturated carbocycles. The second kappa shape index (κ2) is 6.22.